The molecule has 1 aromatic heterocycles. The fourth-order valence-electron chi connectivity index (χ4n) is 2.26. The van der Waals surface area contributed by atoms with Crippen molar-refractivity contribution >= 4 is 17.6 Å². The van der Waals surface area contributed by atoms with Gasteiger partial charge in [-0.2, -0.15) is 0 Å². The summed E-state index contributed by atoms with van der Waals surface area (Å²) in [5, 5.41) is 11.7. The van der Waals surface area contributed by atoms with E-state index in [0.717, 1.165) is 12.8 Å². The summed E-state index contributed by atoms with van der Waals surface area (Å²) in [5.74, 6) is -1.59. The molecule has 0 saturated heterocycles. The van der Waals surface area contributed by atoms with E-state index in [-0.39, 0.29) is 11.8 Å². The third-order valence-electron chi connectivity index (χ3n) is 3.22. The van der Waals surface area contributed by atoms with Crippen LogP contribution in [0.3, 0.4) is 0 Å². The van der Waals surface area contributed by atoms with Gasteiger partial charge in [-0.15, -0.1) is 0 Å². The van der Waals surface area contributed by atoms with Crippen LogP contribution in [0.25, 0.3) is 0 Å². The predicted molar refractivity (Wildman–Crippen MR) is 63.7 cm³/mol. The minimum atomic E-state index is -0.810. The molecule has 2 atom stereocenters. The van der Waals surface area contributed by atoms with Gasteiger partial charge in [0.15, 0.2) is 0 Å². The predicted octanol–water partition coefficient (Wildman–Crippen LogP) is 1.31. The van der Waals surface area contributed by atoms with Gasteiger partial charge >= 0.3 is 5.97 Å². The van der Waals surface area contributed by atoms with Crippen molar-refractivity contribution in [1.82, 2.24) is 9.97 Å². The van der Waals surface area contributed by atoms with Gasteiger partial charge in [-0.1, -0.05) is 6.42 Å². The fourth-order valence-corrected chi connectivity index (χ4v) is 2.26. The van der Waals surface area contributed by atoms with Crippen LogP contribution in [0, 0.1) is 11.8 Å². The first-order valence-corrected chi connectivity index (χ1v) is 5.95. The quantitative estimate of drug-likeness (QED) is 0.842. The molecule has 0 aromatic carbocycles. The fraction of sp³-hybridized carbons (Fsp3) is 0.500. The number of carbonyl (C=O) groups is 2. The highest BCUT2D eigenvalue weighted by molar-refractivity contribution is 5.92. The highest BCUT2D eigenvalue weighted by atomic mass is 16.4. The first kappa shape index (κ1) is 12.5. The molecule has 0 radical (unpaired) electrons. The zero-order valence-electron chi connectivity index (χ0n) is 9.87. The van der Waals surface area contributed by atoms with Crippen LogP contribution in [0.2, 0.25) is 0 Å². The number of hydrogen-bond acceptors (Lipinski definition) is 4. The molecule has 0 bridgehead atoms. The molecule has 6 heteroatoms. The molecule has 2 N–H and O–H groups in total. The number of carbonyl (C=O) groups excluding carboxylic acids is 1. The molecule has 1 aliphatic rings. The van der Waals surface area contributed by atoms with E-state index in [1.807, 2.05) is 0 Å². The van der Waals surface area contributed by atoms with Gasteiger partial charge in [0.05, 0.1) is 24.0 Å². The second-order valence-corrected chi connectivity index (χ2v) is 4.52. The minimum Gasteiger partial charge on any atom is -0.481 e. The minimum absolute atomic E-state index is 0.143. The maximum Gasteiger partial charge on any atom is 0.306 e. The molecule has 1 fully saturated rings. The Kier molecular flexibility index (Phi) is 3.86. The molecule has 18 heavy (non-hydrogen) atoms. The summed E-state index contributed by atoms with van der Waals surface area (Å²) in [6.45, 7) is 0. The molecule has 2 rings (SSSR count). The number of hydrogen-bond donors (Lipinski definition) is 2. The van der Waals surface area contributed by atoms with Crippen molar-refractivity contribution in [3.8, 4) is 0 Å². The number of amides is 1. The molecule has 0 spiro atoms. The van der Waals surface area contributed by atoms with Crippen molar-refractivity contribution in [2.75, 3.05) is 5.32 Å². The van der Waals surface area contributed by atoms with Crippen LogP contribution in [0.1, 0.15) is 25.7 Å². The van der Waals surface area contributed by atoms with Crippen molar-refractivity contribution in [3.05, 3.63) is 18.7 Å². The summed E-state index contributed by atoms with van der Waals surface area (Å²) < 4.78 is 0. The molecule has 1 aliphatic carbocycles. The second-order valence-electron chi connectivity index (χ2n) is 4.52. The molecular formula is C12H15N3O3. The Morgan fingerprint density at radius 2 is 1.89 bits per heavy atom. The first-order valence-electron chi connectivity index (χ1n) is 5.95. The second kappa shape index (κ2) is 5.57. The van der Waals surface area contributed by atoms with Gasteiger partial charge in [-0.25, -0.2) is 9.97 Å². The van der Waals surface area contributed by atoms with E-state index in [1.165, 1.54) is 18.7 Å². The van der Waals surface area contributed by atoms with E-state index in [2.05, 4.69) is 15.3 Å². The highest BCUT2D eigenvalue weighted by Gasteiger charge is 2.30. The number of nitrogens with zero attached hydrogens (tertiary/aromatic N) is 2. The van der Waals surface area contributed by atoms with E-state index < -0.39 is 11.9 Å². The Labute approximate surface area is 104 Å². The molecular weight excluding hydrogens is 234 g/mol. The van der Waals surface area contributed by atoms with Crippen LogP contribution in [0.15, 0.2) is 18.7 Å². The smallest absolute Gasteiger partial charge is 0.306 e. The average Bonchev–Trinajstić information content (AvgIpc) is 2.40. The Morgan fingerprint density at radius 1 is 1.22 bits per heavy atom. The third kappa shape index (κ3) is 3.03. The van der Waals surface area contributed by atoms with Gasteiger partial charge in [-0.3, -0.25) is 9.59 Å². The number of aromatic nitrogens is 2. The van der Waals surface area contributed by atoms with Gasteiger partial charge in [0.2, 0.25) is 5.91 Å². The van der Waals surface area contributed by atoms with Gasteiger partial charge in [0.1, 0.15) is 6.33 Å². The lowest BCUT2D eigenvalue weighted by atomic mass is 9.81. The Morgan fingerprint density at radius 3 is 2.56 bits per heavy atom. The maximum atomic E-state index is 12.0. The van der Waals surface area contributed by atoms with Gasteiger partial charge < -0.3 is 10.4 Å². The van der Waals surface area contributed by atoms with Gasteiger partial charge in [-0.05, 0) is 19.3 Å². The zero-order valence-corrected chi connectivity index (χ0v) is 9.87. The molecule has 0 aliphatic heterocycles. The van der Waals surface area contributed by atoms with E-state index in [9.17, 15) is 9.59 Å². The van der Waals surface area contributed by atoms with Crippen molar-refractivity contribution < 1.29 is 14.7 Å². The lowest BCUT2D eigenvalue weighted by molar-refractivity contribution is -0.143. The van der Waals surface area contributed by atoms with E-state index in [1.54, 1.807) is 0 Å². The normalized spacial score (nSPS) is 23.3. The zero-order chi connectivity index (χ0) is 13.0. The van der Waals surface area contributed by atoms with Crippen LogP contribution in [0.4, 0.5) is 5.69 Å². The molecule has 1 heterocycles. The van der Waals surface area contributed by atoms with E-state index in [4.69, 9.17) is 5.11 Å². The van der Waals surface area contributed by atoms with Gasteiger partial charge in [0, 0.05) is 5.92 Å². The Bertz CT molecular complexity index is 435. The number of aliphatic carboxylic acids is 1. The van der Waals surface area contributed by atoms with Gasteiger partial charge in [0.25, 0.3) is 0 Å². The van der Waals surface area contributed by atoms with E-state index >= 15 is 0 Å². The van der Waals surface area contributed by atoms with Crippen molar-refractivity contribution in [2.24, 2.45) is 11.8 Å². The lowest BCUT2D eigenvalue weighted by Crippen LogP contribution is -2.30. The summed E-state index contributed by atoms with van der Waals surface area (Å²) in [6, 6.07) is 0. The average molecular weight is 249 g/mol. The van der Waals surface area contributed by atoms with Crippen molar-refractivity contribution in [2.45, 2.75) is 25.7 Å². The summed E-state index contributed by atoms with van der Waals surface area (Å²) in [5.41, 5.74) is 0.542. The summed E-state index contributed by atoms with van der Waals surface area (Å²) >= 11 is 0. The standard InChI is InChI=1S/C12H15N3O3/c16-11(15-10-5-13-7-14-6-10)8-2-1-3-9(4-8)12(17)18/h5-9H,1-4H2,(H,15,16)(H,17,18). The Balaban J connectivity index is 1.95. The number of anilines is 1. The number of carboxylic acid groups (broad SMARTS) is 1. The largest absolute Gasteiger partial charge is 0.481 e. The summed E-state index contributed by atoms with van der Waals surface area (Å²) in [6.07, 6.45) is 7.01. The van der Waals surface area contributed by atoms with Crippen LogP contribution >= 0.6 is 0 Å². The van der Waals surface area contributed by atoms with Crippen LogP contribution < -0.4 is 5.32 Å². The molecule has 1 saturated carbocycles. The molecule has 2 unspecified atom stereocenters. The molecule has 1 aromatic rings. The summed E-state index contributed by atoms with van der Waals surface area (Å²) in [4.78, 5) is 30.5. The monoisotopic (exact) mass is 249 g/mol. The Hall–Kier alpha value is -1.98. The van der Waals surface area contributed by atoms with Crippen LogP contribution in [-0.2, 0) is 9.59 Å². The van der Waals surface area contributed by atoms with Crippen molar-refractivity contribution in [1.29, 1.82) is 0 Å². The number of nitrogens with one attached hydrogen (secondary N) is 1. The highest BCUT2D eigenvalue weighted by Crippen LogP contribution is 2.29. The van der Waals surface area contributed by atoms with E-state index in [0.29, 0.717) is 18.5 Å². The topological polar surface area (TPSA) is 92.2 Å². The van der Waals surface area contributed by atoms with Crippen LogP contribution in [-0.4, -0.2) is 27.0 Å². The van der Waals surface area contributed by atoms with Crippen molar-refractivity contribution in [3.63, 3.8) is 0 Å². The molecule has 1 amide bonds. The molecule has 6 nitrogen and oxygen atoms in total. The third-order valence-corrected chi connectivity index (χ3v) is 3.22. The maximum absolute atomic E-state index is 12.0. The number of carboxylic acids is 1. The number of rotatable bonds is 3. The van der Waals surface area contributed by atoms with Crippen LogP contribution in [0.5, 0.6) is 0 Å². The first-order chi connectivity index (χ1) is 8.66. The summed E-state index contributed by atoms with van der Waals surface area (Å²) in [7, 11) is 0. The lowest BCUT2D eigenvalue weighted by Gasteiger charge is -2.25. The SMILES string of the molecule is O=C(O)C1CCCC(C(=O)Nc2cncnc2)C1. The molecule has 96 valence electrons.